The average Bonchev–Trinajstić information content (AvgIpc) is 2.10. The molecular formula is C8H18N2. The van der Waals surface area contributed by atoms with Gasteiger partial charge in [0.25, 0.3) is 0 Å². The monoisotopic (exact) mass is 142 g/mol. The van der Waals surface area contributed by atoms with Gasteiger partial charge in [-0.1, -0.05) is 6.92 Å². The minimum atomic E-state index is 0.236. The highest BCUT2D eigenvalue weighted by Crippen LogP contribution is 2.22. The molecule has 0 amide bonds. The van der Waals surface area contributed by atoms with Gasteiger partial charge < -0.3 is 5.73 Å². The van der Waals surface area contributed by atoms with Gasteiger partial charge in [0.1, 0.15) is 0 Å². The van der Waals surface area contributed by atoms with Crippen molar-refractivity contribution in [2.45, 2.75) is 39.4 Å². The van der Waals surface area contributed by atoms with Crippen LogP contribution in [0, 0.1) is 5.92 Å². The van der Waals surface area contributed by atoms with Crippen molar-refractivity contribution >= 4 is 0 Å². The van der Waals surface area contributed by atoms with Crippen molar-refractivity contribution in [3.05, 3.63) is 0 Å². The summed E-state index contributed by atoms with van der Waals surface area (Å²) in [5, 5.41) is 0. The molecule has 2 heteroatoms. The van der Waals surface area contributed by atoms with Crippen LogP contribution in [0.2, 0.25) is 0 Å². The van der Waals surface area contributed by atoms with Gasteiger partial charge in [0.15, 0.2) is 0 Å². The summed E-state index contributed by atoms with van der Waals surface area (Å²) >= 11 is 0. The predicted molar refractivity (Wildman–Crippen MR) is 43.6 cm³/mol. The molecule has 1 fully saturated rings. The van der Waals surface area contributed by atoms with Crippen molar-refractivity contribution in [1.29, 1.82) is 0 Å². The average molecular weight is 142 g/mol. The Kier molecular flexibility index (Phi) is 2.32. The second kappa shape index (κ2) is 2.89. The maximum absolute atomic E-state index is 5.78. The van der Waals surface area contributed by atoms with Crippen molar-refractivity contribution < 1.29 is 0 Å². The first kappa shape index (κ1) is 8.02. The van der Waals surface area contributed by atoms with Gasteiger partial charge in [0.05, 0.1) is 6.17 Å². The highest BCUT2D eigenvalue weighted by molar-refractivity contribution is 4.81. The fourth-order valence-electron chi connectivity index (χ4n) is 1.90. The van der Waals surface area contributed by atoms with E-state index in [1.807, 2.05) is 0 Å². The van der Waals surface area contributed by atoms with Crippen molar-refractivity contribution in [3.63, 3.8) is 0 Å². The zero-order valence-corrected chi connectivity index (χ0v) is 7.17. The molecule has 10 heavy (non-hydrogen) atoms. The molecule has 0 spiro atoms. The van der Waals surface area contributed by atoms with Crippen LogP contribution in [0.1, 0.15) is 27.2 Å². The Morgan fingerprint density at radius 3 is 2.30 bits per heavy atom. The summed E-state index contributed by atoms with van der Waals surface area (Å²) < 4.78 is 0. The molecule has 1 saturated heterocycles. The van der Waals surface area contributed by atoms with Crippen LogP contribution in [0.15, 0.2) is 0 Å². The molecule has 0 radical (unpaired) electrons. The molecule has 0 saturated carbocycles. The molecule has 3 atom stereocenters. The van der Waals surface area contributed by atoms with Crippen LogP contribution in [0.3, 0.4) is 0 Å². The number of hydrogen-bond acceptors (Lipinski definition) is 2. The molecule has 3 unspecified atom stereocenters. The third kappa shape index (κ3) is 1.50. The molecule has 0 aromatic heterocycles. The van der Waals surface area contributed by atoms with Gasteiger partial charge >= 0.3 is 0 Å². The van der Waals surface area contributed by atoms with Crippen molar-refractivity contribution in [2.75, 3.05) is 6.54 Å². The molecule has 1 aliphatic rings. The summed E-state index contributed by atoms with van der Waals surface area (Å²) in [6, 6.07) is 0.690. The zero-order chi connectivity index (χ0) is 7.72. The van der Waals surface area contributed by atoms with Gasteiger partial charge in [0, 0.05) is 12.6 Å². The molecule has 1 heterocycles. The van der Waals surface area contributed by atoms with E-state index in [0.29, 0.717) is 6.04 Å². The molecule has 2 N–H and O–H groups in total. The van der Waals surface area contributed by atoms with E-state index < -0.39 is 0 Å². The number of likely N-dealkylation sites (tertiary alicyclic amines) is 1. The maximum Gasteiger partial charge on any atom is 0.0545 e. The SMILES string of the molecule is CC1CC(C)N(C(C)N)C1. The van der Waals surface area contributed by atoms with E-state index >= 15 is 0 Å². The molecule has 2 nitrogen and oxygen atoms in total. The van der Waals surface area contributed by atoms with Crippen molar-refractivity contribution in [3.8, 4) is 0 Å². The molecule has 60 valence electrons. The molecule has 0 bridgehead atoms. The summed E-state index contributed by atoms with van der Waals surface area (Å²) in [5.41, 5.74) is 5.78. The van der Waals surface area contributed by atoms with E-state index in [9.17, 15) is 0 Å². The summed E-state index contributed by atoms with van der Waals surface area (Å²) in [7, 11) is 0. The van der Waals surface area contributed by atoms with E-state index in [0.717, 1.165) is 5.92 Å². The Hall–Kier alpha value is -0.0800. The van der Waals surface area contributed by atoms with E-state index in [1.165, 1.54) is 13.0 Å². The molecule has 0 aromatic carbocycles. The molecular weight excluding hydrogens is 124 g/mol. The molecule has 0 aliphatic carbocycles. The minimum absolute atomic E-state index is 0.236. The fourth-order valence-corrected chi connectivity index (χ4v) is 1.90. The van der Waals surface area contributed by atoms with Crippen molar-refractivity contribution in [2.24, 2.45) is 11.7 Å². The summed E-state index contributed by atoms with van der Waals surface area (Å²) in [6.45, 7) is 7.79. The quantitative estimate of drug-likeness (QED) is 0.592. The smallest absolute Gasteiger partial charge is 0.0545 e. The second-order valence-corrected chi connectivity index (χ2v) is 3.63. The Bertz CT molecular complexity index is 112. The van der Waals surface area contributed by atoms with Crippen LogP contribution < -0.4 is 5.73 Å². The second-order valence-electron chi connectivity index (χ2n) is 3.63. The van der Waals surface area contributed by atoms with Gasteiger partial charge in [-0.05, 0) is 26.2 Å². The lowest BCUT2D eigenvalue weighted by Crippen LogP contribution is -2.41. The topological polar surface area (TPSA) is 29.3 Å². The summed E-state index contributed by atoms with van der Waals surface area (Å²) in [4.78, 5) is 2.37. The fraction of sp³-hybridized carbons (Fsp3) is 1.00. The van der Waals surface area contributed by atoms with E-state index in [1.54, 1.807) is 0 Å². The lowest BCUT2D eigenvalue weighted by Gasteiger charge is -2.24. The third-order valence-corrected chi connectivity index (χ3v) is 2.36. The van der Waals surface area contributed by atoms with Gasteiger partial charge in [0.2, 0.25) is 0 Å². The van der Waals surface area contributed by atoms with Gasteiger partial charge in [-0.25, -0.2) is 0 Å². The van der Waals surface area contributed by atoms with Gasteiger partial charge in [-0.15, -0.1) is 0 Å². The Labute approximate surface area is 63.4 Å². The van der Waals surface area contributed by atoms with Crippen LogP contribution in [0.25, 0.3) is 0 Å². The lowest BCUT2D eigenvalue weighted by atomic mass is 10.1. The number of rotatable bonds is 1. The first-order valence-electron chi connectivity index (χ1n) is 4.12. The standard InChI is InChI=1S/C8H18N2/c1-6-4-7(2)10(5-6)8(3)9/h6-8H,4-5,9H2,1-3H3. The zero-order valence-electron chi connectivity index (χ0n) is 7.17. The minimum Gasteiger partial charge on any atom is -0.316 e. The van der Waals surface area contributed by atoms with Crippen LogP contribution in [-0.4, -0.2) is 23.7 Å². The van der Waals surface area contributed by atoms with E-state index in [4.69, 9.17) is 5.73 Å². The number of nitrogens with two attached hydrogens (primary N) is 1. The normalized spacial score (nSPS) is 38.4. The Morgan fingerprint density at radius 1 is 1.50 bits per heavy atom. The summed E-state index contributed by atoms with van der Waals surface area (Å²) in [6.07, 6.45) is 1.54. The molecule has 0 aromatic rings. The summed E-state index contributed by atoms with van der Waals surface area (Å²) in [5.74, 6) is 0.834. The van der Waals surface area contributed by atoms with Crippen LogP contribution in [0.4, 0.5) is 0 Å². The van der Waals surface area contributed by atoms with Crippen molar-refractivity contribution in [1.82, 2.24) is 4.90 Å². The predicted octanol–water partition coefficient (Wildman–Crippen LogP) is 1.02. The third-order valence-electron chi connectivity index (χ3n) is 2.36. The Balaban J connectivity index is 2.46. The number of nitrogens with zero attached hydrogens (tertiary/aromatic N) is 1. The molecule has 1 rings (SSSR count). The van der Waals surface area contributed by atoms with E-state index in [-0.39, 0.29) is 6.17 Å². The highest BCUT2D eigenvalue weighted by Gasteiger charge is 2.27. The number of hydrogen-bond donors (Lipinski definition) is 1. The first-order valence-corrected chi connectivity index (χ1v) is 4.12. The first-order chi connectivity index (χ1) is 4.61. The molecule has 1 aliphatic heterocycles. The van der Waals surface area contributed by atoms with Crippen LogP contribution in [0.5, 0.6) is 0 Å². The maximum atomic E-state index is 5.78. The lowest BCUT2D eigenvalue weighted by molar-refractivity contribution is 0.204. The van der Waals surface area contributed by atoms with Gasteiger partial charge in [-0.3, -0.25) is 4.90 Å². The Morgan fingerprint density at radius 2 is 2.10 bits per heavy atom. The van der Waals surface area contributed by atoms with E-state index in [2.05, 4.69) is 25.7 Å². The highest BCUT2D eigenvalue weighted by atomic mass is 15.3. The largest absolute Gasteiger partial charge is 0.316 e. The van der Waals surface area contributed by atoms with Crippen LogP contribution in [-0.2, 0) is 0 Å². The van der Waals surface area contributed by atoms with Crippen LogP contribution >= 0.6 is 0 Å². The van der Waals surface area contributed by atoms with Gasteiger partial charge in [-0.2, -0.15) is 0 Å².